The Bertz CT molecular complexity index is 3670. The van der Waals surface area contributed by atoms with Gasteiger partial charge in [-0.15, -0.1) is 46.2 Å². The van der Waals surface area contributed by atoms with E-state index in [9.17, 15) is 28.8 Å². The highest BCUT2D eigenvalue weighted by molar-refractivity contribution is 8.02. The highest BCUT2D eigenvalue weighted by Gasteiger charge is 2.53. The summed E-state index contributed by atoms with van der Waals surface area (Å²) < 4.78 is 12.4. The van der Waals surface area contributed by atoms with Crippen molar-refractivity contribution in [2.75, 3.05) is 19.0 Å². The molecule has 76 heavy (non-hydrogen) atoms. The Hall–Kier alpha value is -7.38. The van der Waals surface area contributed by atoms with Gasteiger partial charge in [-0.3, -0.25) is 28.8 Å². The van der Waals surface area contributed by atoms with E-state index in [4.69, 9.17) is 9.47 Å². The fraction of sp³-hybridized carbons (Fsp3) is 0.241. The van der Waals surface area contributed by atoms with E-state index < -0.39 is 0 Å². The number of ether oxygens (including phenoxy) is 2. The van der Waals surface area contributed by atoms with Gasteiger partial charge in [-0.2, -0.15) is 0 Å². The predicted octanol–water partition coefficient (Wildman–Crippen LogP) is 10.1. The first-order chi connectivity index (χ1) is 37.0. The molecule has 2 amide bonds. The number of nitrogens with zero attached hydrogens (tertiary/aromatic N) is 4. The molecule has 5 unspecified atom stereocenters. The number of rotatable bonds is 16. The van der Waals surface area contributed by atoms with Crippen LogP contribution in [0.3, 0.4) is 0 Å². The molecule has 0 bridgehead atoms. The average molecular weight is 1090 g/mol. The number of fused-ring (bicyclic) bond motifs is 4. The third-order valence-corrected chi connectivity index (χ3v) is 18.5. The number of hydrogen-bond acceptors (Lipinski definition) is 14. The molecule has 384 valence electrons. The third-order valence-electron chi connectivity index (χ3n) is 14.1. The number of amides is 2. The second-order valence-electron chi connectivity index (χ2n) is 18.9. The Morgan fingerprint density at radius 1 is 0.632 bits per heavy atom. The SMILES string of the molecule is CC1=C(COc2ccccc2-c2nc3ccccc3c(=O)[nH]2)CSC2C(CC(=O)Cc3cccs3)C(=O)N12.CC1C(COc2ccccc2-c2nc3ccccc3c(=O)[nH]2)=CSC2C(CC(=O)Cc3cccs3)C(=O)N12. The van der Waals surface area contributed by atoms with E-state index in [2.05, 4.69) is 25.3 Å². The molecular formula is C58H50N6O8S4. The van der Waals surface area contributed by atoms with Gasteiger partial charge in [0.25, 0.3) is 11.1 Å². The van der Waals surface area contributed by atoms with Crippen molar-refractivity contribution >= 4 is 91.4 Å². The number of hydrogen-bond donors (Lipinski definition) is 2. The van der Waals surface area contributed by atoms with Crippen molar-refractivity contribution in [1.82, 2.24) is 29.7 Å². The van der Waals surface area contributed by atoms with Crippen molar-refractivity contribution in [3.05, 3.63) is 185 Å². The van der Waals surface area contributed by atoms with E-state index in [1.807, 2.05) is 144 Å². The van der Waals surface area contributed by atoms with Crippen LogP contribution < -0.4 is 20.6 Å². The van der Waals surface area contributed by atoms with Gasteiger partial charge in [0.1, 0.15) is 47.9 Å². The first-order valence-electron chi connectivity index (χ1n) is 24.8. The Labute approximate surface area is 453 Å². The minimum atomic E-state index is -0.273. The number of carbonyl (C=O) groups is 4. The summed E-state index contributed by atoms with van der Waals surface area (Å²) in [4.78, 5) is 97.0. The van der Waals surface area contributed by atoms with Gasteiger partial charge in [0.05, 0.1) is 61.6 Å². The van der Waals surface area contributed by atoms with Crippen LogP contribution in [-0.2, 0) is 32.0 Å². The van der Waals surface area contributed by atoms with Crippen LogP contribution in [0.1, 0.15) is 36.4 Å². The lowest BCUT2D eigenvalue weighted by Crippen LogP contribution is -2.64. The number of carbonyl (C=O) groups excluding carboxylic acids is 4. The first-order valence-corrected chi connectivity index (χ1v) is 28.5. The molecule has 14 nitrogen and oxygen atoms in total. The summed E-state index contributed by atoms with van der Waals surface area (Å²) in [7, 11) is 0. The molecule has 8 heterocycles. The molecule has 0 saturated carbocycles. The molecule has 12 rings (SSSR count). The molecule has 8 aromatic rings. The fourth-order valence-corrected chi connectivity index (χ4v) is 14.3. The Balaban J connectivity index is 0.000000162. The van der Waals surface area contributed by atoms with Crippen molar-refractivity contribution < 1.29 is 28.7 Å². The highest BCUT2D eigenvalue weighted by atomic mass is 32.2. The number of thioether (sulfide) groups is 2. The normalized spacial score (nSPS) is 19.7. The van der Waals surface area contributed by atoms with E-state index in [1.54, 1.807) is 58.3 Å². The molecule has 2 fully saturated rings. The van der Waals surface area contributed by atoms with Crippen molar-refractivity contribution in [3.8, 4) is 34.3 Å². The van der Waals surface area contributed by atoms with Crippen molar-refractivity contribution in [3.63, 3.8) is 0 Å². The molecule has 5 atom stereocenters. The van der Waals surface area contributed by atoms with E-state index in [1.165, 1.54) is 0 Å². The zero-order valence-electron chi connectivity index (χ0n) is 41.3. The van der Waals surface area contributed by atoms with Crippen molar-refractivity contribution in [2.24, 2.45) is 11.8 Å². The molecule has 2 saturated heterocycles. The molecule has 0 spiro atoms. The number of para-hydroxylation sites is 4. The average Bonchev–Trinajstić information content (AvgIpc) is 4.16. The second-order valence-corrected chi connectivity index (χ2v) is 23.0. The standard InChI is InChI=1S/2C29H25N3O4S2/c2*1-17-18(16-38-29-23(28(35)32(17)29)14-19(33)13-20-7-6-12-37-20)15-36-25-11-5-3-9-22(25)26-30-24-10-4-2-8-21(24)27(34)31-26/h2-12,23,29H,13-16H2,1H3,(H,30,31,34);2-12,16-17,23,29H,13-15H2,1H3,(H,30,31,34). The summed E-state index contributed by atoms with van der Waals surface area (Å²) in [6.07, 6.45) is 1.35. The Morgan fingerprint density at radius 2 is 1.14 bits per heavy atom. The van der Waals surface area contributed by atoms with Crippen LogP contribution in [0.4, 0.5) is 0 Å². The zero-order chi connectivity index (χ0) is 52.5. The lowest BCUT2D eigenvalue weighted by molar-refractivity contribution is -0.155. The van der Waals surface area contributed by atoms with Gasteiger partial charge in [0.2, 0.25) is 11.8 Å². The number of thiophene rings is 2. The van der Waals surface area contributed by atoms with Crippen LogP contribution in [0.2, 0.25) is 0 Å². The molecule has 0 radical (unpaired) electrons. The van der Waals surface area contributed by atoms with Crippen molar-refractivity contribution in [2.45, 2.75) is 56.3 Å². The number of H-pyrrole nitrogens is 2. The van der Waals surface area contributed by atoms with E-state index in [-0.39, 0.29) is 76.0 Å². The Kier molecular flexibility index (Phi) is 14.7. The maximum absolute atomic E-state index is 13.0. The van der Waals surface area contributed by atoms with Gasteiger partial charge >= 0.3 is 0 Å². The minimum absolute atomic E-state index is 0.00213. The molecule has 4 aliphatic rings. The molecule has 18 heteroatoms. The summed E-state index contributed by atoms with van der Waals surface area (Å²) in [5.74, 6) is 2.53. The van der Waals surface area contributed by atoms with Gasteiger partial charge in [-0.05, 0) is 102 Å². The first kappa shape index (κ1) is 50.8. The summed E-state index contributed by atoms with van der Waals surface area (Å²) in [6, 6.07) is 37.0. The number of allylic oxidation sites excluding steroid dienone is 1. The van der Waals surface area contributed by atoms with Crippen LogP contribution >= 0.6 is 46.2 Å². The maximum atomic E-state index is 13.0. The fourth-order valence-electron chi connectivity index (χ4n) is 9.94. The van der Waals surface area contributed by atoms with Gasteiger partial charge < -0.3 is 29.2 Å². The van der Waals surface area contributed by atoms with Gasteiger partial charge in [0, 0.05) is 46.9 Å². The van der Waals surface area contributed by atoms with Crippen LogP contribution in [0.25, 0.3) is 44.6 Å². The summed E-state index contributed by atoms with van der Waals surface area (Å²) >= 11 is 6.40. The van der Waals surface area contributed by atoms with Crippen LogP contribution in [-0.4, -0.2) is 88.9 Å². The van der Waals surface area contributed by atoms with E-state index in [0.29, 0.717) is 82.1 Å². The topological polar surface area (TPSA) is 185 Å². The monoisotopic (exact) mass is 1090 g/mol. The third kappa shape index (κ3) is 10.3. The largest absolute Gasteiger partial charge is 0.488 e. The quantitative estimate of drug-likeness (QED) is 0.0875. The molecule has 2 N–H and O–H groups in total. The van der Waals surface area contributed by atoms with Crippen LogP contribution in [0.5, 0.6) is 11.5 Å². The smallest absolute Gasteiger partial charge is 0.259 e. The van der Waals surface area contributed by atoms with Gasteiger partial charge in [-0.25, -0.2) is 9.97 Å². The summed E-state index contributed by atoms with van der Waals surface area (Å²) in [6.45, 7) is 4.55. The minimum Gasteiger partial charge on any atom is -0.488 e. The van der Waals surface area contributed by atoms with Crippen LogP contribution in [0.15, 0.2) is 164 Å². The number of Topliss-reactive ketones (excluding diaryl/α,β-unsaturated/α-hetero) is 2. The van der Waals surface area contributed by atoms with Gasteiger partial charge in [0.15, 0.2) is 0 Å². The predicted molar refractivity (Wildman–Crippen MR) is 300 cm³/mol. The number of β-lactam (4-membered cyclic amide) rings is 2. The number of aromatic nitrogens is 4. The molecule has 0 aliphatic carbocycles. The number of nitrogens with one attached hydrogen (secondary N) is 2. The maximum Gasteiger partial charge on any atom is 0.259 e. The van der Waals surface area contributed by atoms with Crippen LogP contribution in [0, 0.1) is 11.8 Å². The summed E-state index contributed by atoms with van der Waals surface area (Å²) in [5.41, 5.74) is 5.12. The number of benzene rings is 4. The van der Waals surface area contributed by atoms with Crippen molar-refractivity contribution in [1.29, 1.82) is 0 Å². The lowest BCUT2D eigenvalue weighted by atomic mass is 9.88. The molecule has 4 aromatic heterocycles. The zero-order valence-corrected chi connectivity index (χ0v) is 44.6. The molecule has 4 aromatic carbocycles. The second kappa shape index (κ2) is 22.1. The molecule has 4 aliphatic heterocycles. The highest BCUT2D eigenvalue weighted by Crippen LogP contribution is 2.47. The Morgan fingerprint density at radius 3 is 1.70 bits per heavy atom. The number of aromatic amines is 2. The molecular weight excluding hydrogens is 1040 g/mol. The van der Waals surface area contributed by atoms with E-state index >= 15 is 0 Å². The number of ketones is 2. The van der Waals surface area contributed by atoms with Gasteiger partial charge in [-0.1, -0.05) is 60.7 Å². The lowest BCUT2D eigenvalue weighted by Gasteiger charge is -2.52. The van der Waals surface area contributed by atoms with E-state index in [0.717, 1.165) is 32.4 Å². The summed E-state index contributed by atoms with van der Waals surface area (Å²) in [5, 5.41) is 7.04.